The first kappa shape index (κ1) is 17.5. The minimum Gasteiger partial charge on any atom is -0.481 e. The van der Waals surface area contributed by atoms with Crippen LogP contribution in [0.5, 0.6) is 0 Å². The average Bonchev–Trinajstić information content (AvgIpc) is 2.60. The summed E-state index contributed by atoms with van der Waals surface area (Å²) in [6, 6.07) is 13.4. The summed E-state index contributed by atoms with van der Waals surface area (Å²) in [6.07, 6.45) is 4.05. The lowest BCUT2D eigenvalue weighted by Crippen LogP contribution is -2.41. The number of carbonyl (C=O) groups is 2. The van der Waals surface area contributed by atoms with Crippen LogP contribution in [-0.4, -0.2) is 40.1 Å². The molecule has 0 atom stereocenters. The van der Waals surface area contributed by atoms with E-state index in [0.29, 0.717) is 13.1 Å². The van der Waals surface area contributed by atoms with E-state index in [-0.39, 0.29) is 19.0 Å². The van der Waals surface area contributed by atoms with Gasteiger partial charge in [-0.15, -0.1) is 0 Å². The number of aromatic nitrogens is 1. The molecule has 0 aliphatic rings. The minimum atomic E-state index is -0.932. The molecule has 126 valence electrons. The van der Waals surface area contributed by atoms with Crippen LogP contribution in [-0.2, 0) is 17.8 Å². The van der Waals surface area contributed by atoms with Crippen LogP contribution in [0.2, 0.25) is 0 Å². The maximum Gasteiger partial charge on any atom is 0.317 e. The van der Waals surface area contributed by atoms with E-state index in [1.807, 2.05) is 42.5 Å². The molecule has 24 heavy (non-hydrogen) atoms. The Morgan fingerprint density at radius 3 is 2.50 bits per heavy atom. The monoisotopic (exact) mass is 327 g/mol. The van der Waals surface area contributed by atoms with Crippen LogP contribution in [0.25, 0.3) is 0 Å². The summed E-state index contributed by atoms with van der Waals surface area (Å²) in [5.74, 6) is -0.932. The summed E-state index contributed by atoms with van der Waals surface area (Å²) in [5.41, 5.74) is 2.07. The molecule has 6 nitrogen and oxygen atoms in total. The van der Waals surface area contributed by atoms with Crippen molar-refractivity contribution in [3.63, 3.8) is 0 Å². The van der Waals surface area contributed by atoms with Gasteiger partial charge < -0.3 is 15.3 Å². The van der Waals surface area contributed by atoms with Crippen LogP contribution in [0, 0.1) is 0 Å². The standard InChI is InChI=1S/C18H21N3O3/c22-17(23)8-11-20-18(24)21(14-16-7-4-10-19-13-16)12-9-15-5-2-1-3-6-15/h1-7,10,13H,8-9,11-12,14H2,(H,20,24)(H,22,23). The highest BCUT2D eigenvalue weighted by molar-refractivity contribution is 5.75. The summed E-state index contributed by atoms with van der Waals surface area (Å²) in [5, 5.41) is 11.3. The van der Waals surface area contributed by atoms with E-state index in [0.717, 1.165) is 17.5 Å². The van der Waals surface area contributed by atoms with Crippen LogP contribution >= 0.6 is 0 Å². The molecule has 1 aromatic carbocycles. The lowest BCUT2D eigenvalue weighted by Gasteiger charge is -2.23. The Hall–Kier alpha value is -2.89. The highest BCUT2D eigenvalue weighted by Gasteiger charge is 2.14. The van der Waals surface area contributed by atoms with E-state index in [1.165, 1.54) is 0 Å². The molecular formula is C18H21N3O3. The fourth-order valence-electron chi connectivity index (χ4n) is 2.26. The number of amides is 2. The Kier molecular flexibility index (Phi) is 6.76. The molecule has 0 bridgehead atoms. The third kappa shape index (κ3) is 6.08. The number of benzene rings is 1. The summed E-state index contributed by atoms with van der Waals surface area (Å²) >= 11 is 0. The molecule has 1 aromatic heterocycles. The summed E-state index contributed by atoms with van der Waals surface area (Å²) < 4.78 is 0. The number of hydrogen-bond acceptors (Lipinski definition) is 3. The van der Waals surface area contributed by atoms with E-state index in [2.05, 4.69) is 10.3 Å². The average molecular weight is 327 g/mol. The zero-order valence-electron chi connectivity index (χ0n) is 13.4. The van der Waals surface area contributed by atoms with Gasteiger partial charge in [0.25, 0.3) is 0 Å². The first-order chi connectivity index (χ1) is 11.6. The van der Waals surface area contributed by atoms with Crippen molar-refractivity contribution in [1.82, 2.24) is 15.2 Å². The number of hydrogen-bond donors (Lipinski definition) is 2. The van der Waals surface area contributed by atoms with Crippen molar-refractivity contribution in [3.8, 4) is 0 Å². The van der Waals surface area contributed by atoms with Gasteiger partial charge in [-0.25, -0.2) is 4.79 Å². The topological polar surface area (TPSA) is 82.5 Å². The van der Waals surface area contributed by atoms with Crippen molar-refractivity contribution in [3.05, 3.63) is 66.0 Å². The van der Waals surface area contributed by atoms with Crippen LogP contribution in [0.1, 0.15) is 17.5 Å². The molecule has 2 aromatic rings. The van der Waals surface area contributed by atoms with Crippen LogP contribution in [0.15, 0.2) is 54.9 Å². The molecule has 0 saturated heterocycles. The second-order valence-corrected chi connectivity index (χ2v) is 5.39. The van der Waals surface area contributed by atoms with Gasteiger partial charge in [0, 0.05) is 32.0 Å². The summed E-state index contributed by atoms with van der Waals surface area (Å²) in [4.78, 5) is 28.7. The molecule has 0 spiro atoms. The van der Waals surface area contributed by atoms with E-state index in [9.17, 15) is 9.59 Å². The largest absolute Gasteiger partial charge is 0.481 e. The van der Waals surface area contributed by atoms with Crippen molar-refractivity contribution in [2.24, 2.45) is 0 Å². The van der Waals surface area contributed by atoms with Crippen LogP contribution in [0.3, 0.4) is 0 Å². The molecule has 2 N–H and O–H groups in total. The fraction of sp³-hybridized carbons (Fsp3) is 0.278. The SMILES string of the molecule is O=C(O)CCNC(=O)N(CCc1ccccc1)Cc1cccnc1. The number of pyridine rings is 1. The van der Waals surface area contributed by atoms with E-state index in [4.69, 9.17) is 5.11 Å². The van der Waals surface area contributed by atoms with Gasteiger partial charge in [0.1, 0.15) is 0 Å². The van der Waals surface area contributed by atoms with Crippen molar-refractivity contribution in [2.75, 3.05) is 13.1 Å². The third-order valence-electron chi connectivity index (χ3n) is 3.51. The molecule has 0 unspecified atom stereocenters. The number of nitrogens with one attached hydrogen (secondary N) is 1. The number of aliphatic carboxylic acids is 1. The van der Waals surface area contributed by atoms with Crippen molar-refractivity contribution in [1.29, 1.82) is 0 Å². The highest BCUT2D eigenvalue weighted by atomic mass is 16.4. The molecule has 0 radical (unpaired) electrons. The van der Waals surface area contributed by atoms with Gasteiger partial charge >= 0.3 is 12.0 Å². The Labute approximate surface area is 141 Å². The zero-order valence-corrected chi connectivity index (χ0v) is 13.4. The highest BCUT2D eigenvalue weighted by Crippen LogP contribution is 2.07. The second kappa shape index (κ2) is 9.29. The molecule has 2 amide bonds. The number of carboxylic acid groups (broad SMARTS) is 1. The molecular weight excluding hydrogens is 306 g/mol. The zero-order chi connectivity index (χ0) is 17.2. The van der Waals surface area contributed by atoms with Crippen LogP contribution in [0.4, 0.5) is 4.79 Å². The molecule has 0 aliphatic heterocycles. The number of rotatable bonds is 8. The van der Waals surface area contributed by atoms with Crippen molar-refractivity contribution < 1.29 is 14.7 Å². The normalized spacial score (nSPS) is 10.2. The Bertz CT molecular complexity index is 647. The number of carboxylic acids is 1. The summed E-state index contributed by atoms with van der Waals surface area (Å²) in [7, 11) is 0. The minimum absolute atomic E-state index is 0.0921. The third-order valence-corrected chi connectivity index (χ3v) is 3.51. The molecule has 6 heteroatoms. The maximum absolute atomic E-state index is 12.4. The number of urea groups is 1. The van der Waals surface area contributed by atoms with Crippen LogP contribution < -0.4 is 5.32 Å². The Morgan fingerprint density at radius 2 is 1.83 bits per heavy atom. The molecule has 1 heterocycles. The Morgan fingerprint density at radius 1 is 1.08 bits per heavy atom. The predicted octanol–water partition coefficient (Wildman–Crippen LogP) is 2.31. The van der Waals surface area contributed by atoms with Gasteiger partial charge in [0.05, 0.1) is 6.42 Å². The summed E-state index contributed by atoms with van der Waals surface area (Å²) in [6.45, 7) is 1.08. The molecule has 0 fully saturated rings. The van der Waals surface area contributed by atoms with Gasteiger partial charge in [0.15, 0.2) is 0 Å². The Balaban J connectivity index is 1.97. The van der Waals surface area contributed by atoms with Crippen molar-refractivity contribution >= 4 is 12.0 Å². The van der Waals surface area contributed by atoms with Gasteiger partial charge in [-0.2, -0.15) is 0 Å². The fourth-order valence-corrected chi connectivity index (χ4v) is 2.26. The van der Waals surface area contributed by atoms with Gasteiger partial charge in [-0.3, -0.25) is 9.78 Å². The van der Waals surface area contributed by atoms with E-state index < -0.39 is 5.97 Å². The maximum atomic E-state index is 12.4. The van der Waals surface area contributed by atoms with Gasteiger partial charge in [-0.05, 0) is 23.6 Å². The second-order valence-electron chi connectivity index (χ2n) is 5.39. The molecule has 0 aliphatic carbocycles. The van der Waals surface area contributed by atoms with E-state index in [1.54, 1.807) is 17.3 Å². The number of carbonyl (C=O) groups excluding carboxylic acids is 1. The van der Waals surface area contributed by atoms with E-state index >= 15 is 0 Å². The first-order valence-corrected chi connectivity index (χ1v) is 7.82. The molecule has 2 rings (SSSR count). The number of nitrogens with zero attached hydrogens (tertiary/aromatic N) is 2. The quantitative estimate of drug-likeness (QED) is 0.779. The van der Waals surface area contributed by atoms with Gasteiger partial charge in [0.2, 0.25) is 0 Å². The first-order valence-electron chi connectivity index (χ1n) is 7.82. The molecule has 0 saturated carbocycles. The van der Waals surface area contributed by atoms with Crippen molar-refractivity contribution in [2.45, 2.75) is 19.4 Å². The van der Waals surface area contributed by atoms with Gasteiger partial charge in [-0.1, -0.05) is 36.4 Å². The lowest BCUT2D eigenvalue weighted by atomic mass is 10.1. The smallest absolute Gasteiger partial charge is 0.317 e. The lowest BCUT2D eigenvalue weighted by molar-refractivity contribution is -0.136. The predicted molar refractivity (Wildman–Crippen MR) is 90.4 cm³/mol.